The van der Waals surface area contributed by atoms with Gasteiger partial charge < -0.3 is 20.6 Å². The topological polar surface area (TPSA) is 136 Å². The SMILES string of the molecule is COc1cc(-c2c(C#N)c(N)[nH]c(=O)c2C#N)c(Cl)cc1O. The number of pyridine rings is 1. The highest BCUT2D eigenvalue weighted by atomic mass is 35.5. The molecule has 0 aliphatic carbocycles. The average Bonchev–Trinajstić information content (AvgIpc) is 2.47. The van der Waals surface area contributed by atoms with Crippen molar-refractivity contribution in [2.24, 2.45) is 0 Å². The van der Waals surface area contributed by atoms with Crippen LogP contribution in [0.2, 0.25) is 5.02 Å². The van der Waals surface area contributed by atoms with Crippen LogP contribution in [0.15, 0.2) is 16.9 Å². The van der Waals surface area contributed by atoms with Crippen LogP contribution in [0, 0.1) is 22.7 Å². The molecule has 0 radical (unpaired) electrons. The number of rotatable bonds is 2. The van der Waals surface area contributed by atoms with Gasteiger partial charge in [-0.05, 0) is 6.07 Å². The van der Waals surface area contributed by atoms with Crippen LogP contribution in [0.4, 0.5) is 5.82 Å². The zero-order valence-electron chi connectivity index (χ0n) is 11.3. The highest BCUT2D eigenvalue weighted by Crippen LogP contribution is 2.40. The van der Waals surface area contributed by atoms with Crippen LogP contribution in [-0.4, -0.2) is 17.2 Å². The molecular formula is C14H9ClN4O3. The van der Waals surface area contributed by atoms with Crippen LogP contribution in [0.25, 0.3) is 11.1 Å². The lowest BCUT2D eigenvalue weighted by Gasteiger charge is -2.12. The number of nitrogens with one attached hydrogen (secondary N) is 1. The van der Waals surface area contributed by atoms with Gasteiger partial charge in [0.25, 0.3) is 5.56 Å². The molecule has 4 N–H and O–H groups in total. The van der Waals surface area contributed by atoms with Gasteiger partial charge in [-0.1, -0.05) is 11.6 Å². The van der Waals surface area contributed by atoms with E-state index < -0.39 is 5.56 Å². The van der Waals surface area contributed by atoms with Gasteiger partial charge in [-0.3, -0.25) is 4.79 Å². The first-order chi connectivity index (χ1) is 10.4. The van der Waals surface area contributed by atoms with Gasteiger partial charge in [-0.2, -0.15) is 10.5 Å². The molecule has 0 spiro atoms. The lowest BCUT2D eigenvalue weighted by atomic mass is 9.96. The highest BCUT2D eigenvalue weighted by Gasteiger charge is 2.21. The lowest BCUT2D eigenvalue weighted by molar-refractivity contribution is 0.373. The fourth-order valence-corrected chi connectivity index (χ4v) is 2.26. The maximum Gasteiger partial charge on any atom is 0.268 e. The number of phenols is 1. The fourth-order valence-electron chi connectivity index (χ4n) is 2.01. The third kappa shape index (κ3) is 2.30. The van der Waals surface area contributed by atoms with Gasteiger partial charge >= 0.3 is 0 Å². The van der Waals surface area contributed by atoms with Crippen molar-refractivity contribution < 1.29 is 9.84 Å². The third-order valence-corrected chi connectivity index (χ3v) is 3.32. The van der Waals surface area contributed by atoms with Crippen molar-refractivity contribution in [2.75, 3.05) is 12.8 Å². The van der Waals surface area contributed by atoms with E-state index in [1.165, 1.54) is 19.2 Å². The second-order valence-electron chi connectivity index (χ2n) is 4.22. The Morgan fingerprint density at radius 3 is 2.50 bits per heavy atom. The van der Waals surface area contributed by atoms with Crippen molar-refractivity contribution in [1.82, 2.24) is 4.98 Å². The first-order valence-electron chi connectivity index (χ1n) is 5.87. The molecule has 0 unspecified atom stereocenters. The smallest absolute Gasteiger partial charge is 0.268 e. The van der Waals surface area contributed by atoms with Crippen LogP contribution in [0.3, 0.4) is 0 Å². The Balaban J connectivity index is 2.98. The van der Waals surface area contributed by atoms with Crippen molar-refractivity contribution in [3.8, 4) is 34.8 Å². The number of aromatic hydroxyl groups is 1. The minimum Gasteiger partial charge on any atom is -0.504 e. The Bertz CT molecular complexity index is 906. The van der Waals surface area contributed by atoms with E-state index in [-0.39, 0.29) is 44.6 Å². The molecule has 0 aliphatic rings. The normalized spacial score (nSPS) is 9.82. The van der Waals surface area contributed by atoms with E-state index >= 15 is 0 Å². The lowest BCUT2D eigenvalue weighted by Crippen LogP contribution is -2.16. The van der Waals surface area contributed by atoms with E-state index in [2.05, 4.69) is 4.98 Å². The largest absolute Gasteiger partial charge is 0.504 e. The van der Waals surface area contributed by atoms with Crippen LogP contribution < -0.4 is 16.0 Å². The maximum absolute atomic E-state index is 11.9. The molecule has 2 aromatic rings. The van der Waals surface area contributed by atoms with Crippen LogP contribution >= 0.6 is 11.6 Å². The third-order valence-electron chi connectivity index (χ3n) is 3.01. The number of aromatic nitrogens is 1. The molecule has 22 heavy (non-hydrogen) atoms. The number of aromatic amines is 1. The Hall–Kier alpha value is -3.16. The monoisotopic (exact) mass is 316 g/mol. The van der Waals surface area contributed by atoms with Crippen molar-refractivity contribution in [3.63, 3.8) is 0 Å². The van der Waals surface area contributed by atoms with E-state index in [1.807, 2.05) is 6.07 Å². The molecule has 0 atom stereocenters. The molecule has 1 heterocycles. The number of methoxy groups -OCH3 is 1. The van der Waals surface area contributed by atoms with Crippen molar-refractivity contribution >= 4 is 17.4 Å². The zero-order chi connectivity index (χ0) is 16.4. The molecule has 7 nitrogen and oxygen atoms in total. The number of anilines is 1. The predicted molar refractivity (Wildman–Crippen MR) is 79.6 cm³/mol. The van der Waals surface area contributed by atoms with Gasteiger partial charge in [-0.15, -0.1) is 0 Å². The predicted octanol–water partition coefficient (Wildman–Crippen LogP) is 1.74. The van der Waals surface area contributed by atoms with E-state index in [0.29, 0.717) is 0 Å². The zero-order valence-corrected chi connectivity index (χ0v) is 12.0. The molecule has 110 valence electrons. The number of H-pyrrole nitrogens is 1. The minimum absolute atomic E-state index is 0.00505. The molecular weight excluding hydrogens is 308 g/mol. The Morgan fingerprint density at radius 1 is 1.32 bits per heavy atom. The summed E-state index contributed by atoms with van der Waals surface area (Å²) in [6.45, 7) is 0. The van der Waals surface area contributed by atoms with Gasteiger partial charge in [0.2, 0.25) is 0 Å². The molecule has 2 rings (SSSR count). The summed E-state index contributed by atoms with van der Waals surface area (Å²) < 4.78 is 4.98. The highest BCUT2D eigenvalue weighted by molar-refractivity contribution is 6.33. The Labute approximate surface area is 129 Å². The van der Waals surface area contributed by atoms with E-state index in [0.717, 1.165) is 0 Å². The fraction of sp³-hybridized carbons (Fsp3) is 0.0714. The standard InChI is InChI=1S/C14H9ClN4O3/c1-22-11-2-6(9(15)3-10(11)20)12-7(4-16)13(18)19-14(21)8(12)5-17/h2-3,20H,1H3,(H3,18,19,21). The summed E-state index contributed by atoms with van der Waals surface area (Å²) in [7, 11) is 1.33. The molecule has 8 heteroatoms. The van der Waals surface area contributed by atoms with Gasteiger partial charge in [0.15, 0.2) is 11.5 Å². The second-order valence-corrected chi connectivity index (χ2v) is 4.63. The summed E-state index contributed by atoms with van der Waals surface area (Å²) in [6.07, 6.45) is 0. The molecule has 0 saturated carbocycles. The van der Waals surface area contributed by atoms with E-state index in [9.17, 15) is 20.4 Å². The number of hydrogen-bond acceptors (Lipinski definition) is 6. The van der Waals surface area contributed by atoms with Gasteiger partial charge in [0.05, 0.1) is 12.1 Å². The molecule has 0 bridgehead atoms. The number of ether oxygens (including phenoxy) is 1. The number of nitrogens with zero attached hydrogens (tertiary/aromatic N) is 2. The number of halogens is 1. The number of benzene rings is 1. The molecule has 1 aromatic carbocycles. The van der Waals surface area contributed by atoms with E-state index in [1.54, 1.807) is 6.07 Å². The quantitative estimate of drug-likeness (QED) is 0.771. The summed E-state index contributed by atoms with van der Waals surface area (Å²) in [4.78, 5) is 14.1. The summed E-state index contributed by atoms with van der Waals surface area (Å²) >= 11 is 6.07. The Kier molecular flexibility index (Phi) is 3.93. The summed E-state index contributed by atoms with van der Waals surface area (Å²) in [5, 5.41) is 28.2. The Morgan fingerprint density at radius 2 is 1.95 bits per heavy atom. The first kappa shape index (κ1) is 15.2. The van der Waals surface area contributed by atoms with Crippen LogP contribution in [0.5, 0.6) is 11.5 Å². The average molecular weight is 317 g/mol. The van der Waals surface area contributed by atoms with Crippen LogP contribution in [-0.2, 0) is 0 Å². The van der Waals surface area contributed by atoms with E-state index in [4.69, 9.17) is 22.1 Å². The molecule has 0 amide bonds. The molecule has 0 fully saturated rings. The molecule has 0 aliphatic heterocycles. The van der Waals surface area contributed by atoms with Crippen LogP contribution in [0.1, 0.15) is 11.1 Å². The van der Waals surface area contributed by atoms with Gasteiger partial charge in [-0.25, -0.2) is 0 Å². The number of nitriles is 2. The van der Waals surface area contributed by atoms with Gasteiger partial charge in [0.1, 0.15) is 29.1 Å². The van der Waals surface area contributed by atoms with Crippen molar-refractivity contribution in [2.45, 2.75) is 0 Å². The minimum atomic E-state index is -0.739. The molecule has 0 saturated heterocycles. The summed E-state index contributed by atoms with van der Waals surface area (Å²) in [5.74, 6) is -0.318. The number of nitrogens with two attached hydrogens (primary N) is 1. The van der Waals surface area contributed by atoms with Crippen molar-refractivity contribution in [1.29, 1.82) is 10.5 Å². The summed E-state index contributed by atoms with van der Waals surface area (Å²) in [5.41, 5.74) is 4.67. The number of phenolic OH excluding ortho intramolecular Hbond substituents is 1. The maximum atomic E-state index is 11.9. The number of nitrogen functional groups attached to an aromatic ring is 1. The molecule has 1 aromatic heterocycles. The first-order valence-corrected chi connectivity index (χ1v) is 6.25. The van der Waals surface area contributed by atoms with Gasteiger partial charge in [0, 0.05) is 17.2 Å². The second kappa shape index (κ2) is 5.68. The summed E-state index contributed by atoms with van der Waals surface area (Å²) in [6, 6.07) is 6.08. The number of hydrogen-bond donors (Lipinski definition) is 3. The van der Waals surface area contributed by atoms with Crippen molar-refractivity contribution in [3.05, 3.63) is 38.6 Å².